The largest absolute Gasteiger partial charge is 0.333 e. The number of amides is 1. The van der Waals surface area contributed by atoms with E-state index in [0.29, 0.717) is 30.9 Å². The van der Waals surface area contributed by atoms with E-state index in [1.54, 1.807) is 17.0 Å². The third-order valence-electron chi connectivity index (χ3n) is 4.49. The second-order valence-electron chi connectivity index (χ2n) is 6.14. The Morgan fingerprint density at radius 3 is 2.81 bits per heavy atom. The zero-order chi connectivity index (χ0) is 18.1. The van der Waals surface area contributed by atoms with Crippen LogP contribution in [0.1, 0.15) is 27.3 Å². The number of rotatable bonds is 2. The van der Waals surface area contributed by atoms with Crippen LogP contribution in [-0.4, -0.2) is 32.5 Å². The molecule has 7 heteroatoms. The summed E-state index contributed by atoms with van der Waals surface area (Å²) < 4.78 is 0. The van der Waals surface area contributed by atoms with Crippen molar-refractivity contribution in [1.29, 1.82) is 5.26 Å². The maximum Gasteiger partial charge on any atom is 0.272 e. The van der Waals surface area contributed by atoms with Crippen molar-refractivity contribution in [2.45, 2.75) is 13.0 Å². The van der Waals surface area contributed by atoms with Gasteiger partial charge in [-0.15, -0.1) is 0 Å². The molecular formula is C19H15N5O2. The molecule has 0 fully saturated rings. The van der Waals surface area contributed by atoms with Gasteiger partial charge < -0.3 is 9.88 Å². The van der Waals surface area contributed by atoms with Gasteiger partial charge in [0.05, 0.1) is 5.69 Å². The summed E-state index contributed by atoms with van der Waals surface area (Å²) in [5, 5.41) is 16.0. The van der Waals surface area contributed by atoms with Crippen molar-refractivity contribution in [3.63, 3.8) is 0 Å². The van der Waals surface area contributed by atoms with E-state index in [1.807, 2.05) is 36.4 Å². The van der Waals surface area contributed by atoms with Gasteiger partial charge in [0.25, 0.3) is 11.5 Å². The quantitative estimate of drug-likeness (QED) is 0.739. The Balaban J connectivity index is 1.58. The molecule has 26 heavy (non-hydrogen) atoms. The fourth-order valence-corrected chi connectivity index (χ4v) is 3.12. The molecule has 0 radical (unpaired) electrons. The molecule has 0 bridgehead atoms. The third-order valence-corrected chi connectivity index (χ3v) is 4.49. The van der Waals surface area contributed by atoms with Crippen LogP contribution in [0.15, 0.2) is 47.3 Å². The number of hydrogen-bond acceptors (Lipinski definition) is 4. The molecule has 7 nitrogen and oxygen atoms in total. The van der Waals surface area contributed by atoms with Gasteiger partial charge in [0.15, 0.2) is 0 Å². The number of hydrogen-bond donors (Lipinski definition) is 2. The van der Waals surface area contributed by atoms with E-state index in [9.17, 15) is 9.59 Å². The van der Waals surface area contributed by atoms with Crippen LogP contribution in [0.25, 0.3) is 11.3 Å². The highest BCUT2D eigenvalue weighted by Gasteiger charge is 2.24. The molecule has 1 aliphatic heterocycles. The van der Waals surface area contributed by atoms with Crippen molar-refractivity contribution in [3.8, 4) is 17.3 Å². The van der Waals surface area contributed by atoms with Gasteiger partial charge in [-0.3, -0.25) is 14.7 Å². The number of fused-ring (bicyclic) bond motifs is 1. The fraction of sp³-hybridized carbons (Fsp3) is 0.158. The Morgan fingerprint density at radius 1 is 1.23 bits per heavy atom. The van der Waals surface area contributed by atoms with E-state index >= 15 is 0 Å². The summed E-state index contributed by atoms with van der Waals surface area (Å²) in [6.07, 6.45) is 0.543. The van der Waals surface area contributed by atoms with Crippen molar-refractivity contribution in [2.24, 2.45) is 0 Å². The molecule has 0 saturated carbocycles. The van der Waals surface area contributed by atoms with Gasteiger partial charge in [-0.2, -0.15) is 10.4 Å². The lowest BCUT2D eigenvalue weighted by atomic mass is 10.0. The number of aromatic amines is 2. The standard InChI is InChI=1S/C19H15N5O2/c20-10-13-8-14-11-24(7-6-15(14)21-18(13)25)19(26)17-9-16(22-23-17)12-4-2-1-3-5-12/h1-5,8-9H,6-7,11H2,(H,21,25)(H,22,23). The molecule has 0 saturated heterocycles. The molecule has 2 N–H and O–H groups in total. The topological polar surface area (TPSA) is 106 Å². The van der Waals surface area contributed by atoms with E-state index in [1.165, 1.54) is 0 Å². The summed E-state index contributed by atoms with van der Waals surface area (Å²) in [4.78, 5) is 28.9. The molecule has 3 heterocycles. The third kappa shape index (κ3) is 2.78. The van der Waals surface area contributed by atoms with Crippen molar-refractivity contribution in [2.75, 3.05) is 6.54 Å². The first-order valence-electron chi connectivity index (χ1n) is 8.21. The predicted octanol–water partition coefficient (Wildman–Crippen LogP) is 1.84. The Hall–Kier alpha value is -3.66. The number of H-pyrrole nitrogens is 2. The van der Waals surface area contributed by atoms with Crippen LogP contribution >= 0.6 is 0 Å². The zero-order valence-electron chi connectivity index (χ0n) is 13.8. The molecule has 2 aromatic heterocycles. The minimum atomic E-state index is -0.382. The lowest BCUT2D eigenvalue weighted by molar-refractivity contribution is 0.0727. The Kier molecular flexibility index (Phi) is 3.86. The number of carbonyl (C=O) groups is 1. The molecule has 1 aromatic carbocycles. The zero-order valence-corrected chi connectivity index (χ0v) is 13.8. The van der Waals surface area contributed by atoms with Crippen LogP contribution < -0.4 is 5.56 Å². The monoisotopic (exact) mass is 345 g/mol. The number of nitrogens with zero attached hydrogens (tertiary/aromatic N) is 3. The number of nitriles is 1. The number of carbonyl (C=O) groups excluding carboxylic acids is 1. The summed E-state index contributed by atoms with van der Waals surface area (Å²) >= 11 is 0. The SMILES string of the molecule is N#Cc1cc2c([nH]c1=O)CCN(C(=O)c1cc(-c3ccccc3)n[nH]1)C2. The van der Waals surface area contributed by atoms with Gasteiger partial charge in [-0.1, -0.05) is 30.3 Å². The van der Waals surface area contributed by atoms with E-state index in [4.69, 9.17) is 5.26 Å². The van der Waals surface area contributed by atoms with E-state index in [2.05, 4.69) is 15.2 Å². The smallest absolute Gasteiger partial charge is 0.272 e. The number of benzene rings is 1. The molecular weight excluding hydrogens is 330 g/mol. The molecule has 128 valence electrons. The minimum Gasteiger partial charge on any atom is -0.333 e. The molecule has 0 unspecified atom stereocenters. The Morgan fingerprint density at radius 2 is 2.04 bits per heavy atom. The highest BCUT2D eigenvalue weighted by atomic mass is 16.2. The molecule has 0 spiro atoms. The van der Waals surface area contributed by atoms with Gasteiger partial charge in [0.2, 0.25) is 0 Å². The number of aromatic nitrogens is 3. The molecule has 0 atom stereocenters. The lowest BCUT2D eigenvalue weighted by Crippen LogP contribution is -2.37. The summed E-state index contributed by atoms with van der Waals surface area (Å²) in [5.41, 5.74) is 3.32. The van der Waals surface area contributed by atoms with E-state index in [0.717, 1.165) is 16.8 Å². The van der Waals surface area contributed by atoms with Crippen molar-refractivity contribution in [3.05, 3.63) is 75.3 Å². The molecule has 1 amide bonds. The van der Waals surface area contributed by atoms with Crippen LogP contribution in [0.5, 0.6) is 0 Å². The summed E-state index contributed by atoms with van der Waals surface area (Å²) in [5.74, 6) is -0.157. The minimum absolute atomic E-state index is 0.0611. The molecule has 4 rings (SSSR count). The maximum atomic E-state index is 12.8. The average Bonchev–Trinajstić information content (AvgIpc) is 3.17. The van der Waals surface area contributed by atoms with E-state index in [-0.39, 0.29) is 17.0 Å². The normalized spacial score (nSPS) is 13.1. The van der Waals surface area contributed by atoms with Crippen molar-refractivity contribution >= 4 is 5.91 Å². The molecule has 0 aliphatic carbocycles. The number of nitrogens with one attached hydrogen (secondary N) is 2. The van der Waals surface area contributed by atoms with Gasteiger partial charge in [0, 0.05) is 30.8 Å². The first-order valence-corrected chi connectivity index (χ1v) is 8.21. The second-order valence-corrected chi connectivity index (χ2v) is 6.14. The van der Waals surface area contributed by atoms with Crippen molar-refractivity contribution < 1.29 is 4.79 Å². The predicted molar refractivity (Wildman–Crippen MR) is 94.2 cm³/mol. The van der Waals surface area contributed by atoms with Gasteiger partial charge in [-0.25, -0.2) is 0 Å². The fourth-order valence-electron chi connectivity index (χ4n) is 3.12. The lowest BCUT2D eigenvalue weighted by Gasteiger charge is -2.28. The summed E-state index contributed by atoms with van der Waals surface area (Å²) in [6.45, 7) is 0.840. The summed E-state index contributed by atoms with van der Waals surface area (Å²) in [7, 11) is 0. The average molecular weight is 345 g/mol. The summed E-state index contributed by atoms with van der Waals surface area (Å²) in [6, 6.07) is 14.8. The van der Waals surface area contributed by atoms with Crippen LogP contribution in [0.3, 0.4) is 0 Å². The highest BCUT2D eigenvalue weighted by Crippen LogP contribution is 2.21. The van der Waals surface area contributed by atoms with Crippen LogP contribution in [0, 0.1) is 11.3 Å². The Bertz CT molecular complexity index is 1080. The van der Waals surface area contributed by atoms with Crippen LogP contribution in [-0.2, 0) is 13.0 Å². The van der Waals surface area contributed by atoms with Gasteiger partial charge in [0.1, 0.15) is 17.3 Å². The van der Waals surface area contributed by atoms with E-state index < -0.39 is 0 Å². The number of pyridine rings is 1. The van der Waals surface area contributed by atoms with Crippen LogP contribution in [0.4, 0.5) is 0 Å². The Labute approximate surface area is 148 Å². The van der Waals surface area contributed by atoms with Gasteiger partial charge >= 0.3 is 0 Å². The van der Waals surface area contributed by atoms with Crippen molar-refractivity contribution in [1.82, 2.24) is 20.1 Å². The second kappa shape index (κ2) is 6.33. The highest BCUT2D eigenvalue weighted by molar-refractivity contribution is 5.93. The first kappa shape index (κ1) is 15.8. The first-order chi connectivity index (χ1) is 12.7. The van der Waals surface area contributed by atoms with Gasteiger partial charge in [-0.05, 0) is 17.7 Å². The van der Waals surface area contributed by atoms with Crippen LogP contribution in [0.2, 0.25) is 0 Å². The molecule has 3 aromatic rings. The molecule has 1 aliphatic rings. The maximum absolute atomic E-state index is 12.8.